The number of benzene rings is 2. The van der Waals surface area contributed by atoms with Crippen molar-refractivity contribution in [2.75, 3.05) is 31.1 Å². The number of thiophene rings is 1. The molecule has 0 atom stereocenters. The van der Waals surface area contributed by atoms with Gasteiger partial charge in [-0.2, -0.15) is 18.3 Å². The fraction of sp³-hybridized carbons (Fsp3) is 0.200. The van der Waals surface area contributed by atoms with Crippen LogP contribution >= 0.6 is 11.3 Å². The molecule has 34 heavy (non-hydrogen) atoms. The molecule has 5 nitrogen and oxygen atoms in total. The van der Waals surface area contributed by atoms with Crippen LogP contribution in [0.15, 0.2) is 78.2 Å². The van der Waals surface area contributed by atoms with Gasteiger partial charge in [-0.1, -0.05) is 24.3 Å². The van der Waals surface area contributed by atoms with E-state index in [0.717, 1.165) is 24.8 Å². The molecule has 5 rings (SSSR count). The molecular formula is C25H21F3N4OS. The van der Waals surface area contributed by atoms with Crippen LogP contribution in [0.2, 0.25) is 0 Å². The molecule has 3 heterocycles. The van der Waals surface area contributed by atoms with Gasteiger partial charge in [0.1, 0.15) is 0 Å². The summed E-state index contributed by atoms with van der Waals surface area (Å²) in [5, 5.41) is 5.61. The van der Waals surface area contributed by atoms with Crippen LogP contribution in [0.25, 0.3) is 16.3 Å². The summed E-state index contributed by atoms with van der Waals surface area (Å²) in [4.78, 5) is 17.7. The number of anilines is 1. The zero-order valence-electron chi connectivity index (χ0n) is 18.1. The smallest absolute Gasteiger partial charge is 0.368 e. The predicted octanol–water partition coefficient (Wildman–Crippen LogP) is 5.58. The molecule has 2 aromatic carbocycles. The lowest BCUT2D eigenvalue weighted by Crippen LogP contribution is -2.48. The summed E-state index contributed by atoms with van der Waals surface area (Å²) in [6, 6.07) is 21.2. The fourth-order valence-electron chi connectivity index (χ4n) is 4.05. The highest BCUT2D eigenvalue weighted by molar-refractivity contribution is 7.13. The van der Waals surface area contributed by atoms with Crippen LogP contribution in [0.4, 0.5) is 18.9 Å². The molecule has 0 saturated carbocycles. The molecule has 0 unspecified atom stereocenters. The van der Waals surface area contributed by atoms with Crippen LogP contribution in [-0.2, 0) is 6.18 Å². The van der Waals surface area contributed by atoms with Gasteiger partial charge in [0.25, 0.3) is 5.91 Å². The van der Waals surface area contributed by atoms with Gasteiger partial charge in [-0.05, 0) is 53.9 Å². The quantitative estimate of drug-likeness (QED) is 0.381. The molecule has 1 saturated heterocycles. The number of nitrogens with zero attached hydrogens (tertiary/aromatic N) is 4. The number of amides is 1. The summed E-state index contributed by atoms with van der Waals surface area (Å²) in [7, 11) is 0. The van der Waals surface area contributed by atoms with Crippen LogP contribution in [-0.4, -0.2) is 46.8 Å². The van der Waals surface area contributed by atoms with Crippen molar-refractivity contribution in [3.63, 3.8) is 0 Å². The normalized spacial score (nSPS) is 14.4. The number of piperazine rings is 1. The zero-order valence-corrected chi connectivity index (χ0v) is 18.9. The minimum Gasteiger partial charge on any atom is -0.368 e. The average molecular weight is 483 g/mol. The Labute approximate surface area is 198 Å². The Balaban J connectivity index is 1.33. The van der Waals surface area contributed by atoms with Gasteiger partial charge < -0.3 is 9.80 Å². The first-order valence-electron chi connectivity index (χ1n) is 10.8. The molecule has 1 aliphatic rings. The fourth-order valence-corrected chi connectivity index (χ4v) is 4.78. The Bertz CT molecular complexity index is 1260. The predicted molar refractivity (Wildman–Crippen MR) is 126 cm³/mol. The van der Waals surface area contributed by atoms with Crippen LogP contribution < -0.4 is 4.90 Å². The molecule has 174 valence electrons. The van der Waals surface area contributed by atoms with E-state index in [4.69, 9.17) is 0 Å². The Kier molecular flexibility index (Phi) is 5.87. The van der Waals surface area contributed by atoms with E-state index in [1.165, 1.54) is 16.0 Å². The summed E-state index contributed by atoms with van der Waals surface area (Å²) in [5.41, 5.74) is 1.51. The van der Waals surface area contributed by atoms with Crippen LogP contribution in [0, 0.1) is 0 Å². The monoisotopic (exact) mass is 482 g/mol. The Morgan fingerprint density at radius 3 is 2.18 bits per heavy atom. The number of hydrogen-bond acceptors (Lipinski definition) is 4. The van der Waals surface area contributed by atoms with Crippen molar-refractivity contribution in [1.82, 2.24) is 14.7 Å². The number of hydrogen-bond donors (Lipinski definition) is 0. The number of rotatable bonds is 4. The van der Waals surface area contributed by atoms with E-state index in [1.54, 1.807) is 46.7 Å². The summed E-state index contributed by atoms with van der Waals surface area (Å²) < 4.78 is 41.3. The molecule has 0 aliphatic carbocycles. The highest BCUT2D eigenvalue weighted by Crippen LogP contribution is 2.34. The number of aromatic nitrogens is 2. The maximum absolute atomic E-state index is 13.3. The highest BCUT2D eigenvalue weighted by Gasteiger charge is 2.35. The van der Waals surface area contributed by atoms with Crippen LogP contribution in [0.5, 0.6) is 0 Å². The number of carbonyl (C=O) groups is 1. The zero-order chi connectivity index (χ0) is 23.7. The van der Waals surface area contributed by atoms with Crippen molar-refractivity contribution in [3.05, 3.63) is 89.4 Å². The summed E-state index contributed by atoms with van der Waals surface area (Å²) >= 11 is 1.34. The third-order valence-corrected chi connectivity index (χ3v) is 6.71. The van der Waals surface area contributed by atoms with Gasteiger partial charge >= 0.3 is 6.18 Å². The van der Waals surface area contributed by atoms with Gasteiger partial charge in [-0.3, -0.25) is 4.79 Å². The first kappa shape index (κ1) is 22.2. The second-order valence-electron chi connectivity index (χ2n) is 7.96. The number of carbonyl (C=O) groups excluding carboxylic acids is 1. The van der Waals surface area contributed by atoms with Gasteiger partial charge in [-0.25, -0.2) is 4.68 Å². The Hall–Kier alpha value is -3.59. The van der Waals surface area contributed by atoms with E-state index >= 15 is 0 Å². The molecule has 1 aliphatic heterocycles. The Morgan fingerprint density at radius 1 is 0.853 bits per heavy atom. The second-order valence-corrected chi connectivity index (χ2v) is 8.91. The minimum atomic E-state index is -4.55. The largest absolute Gasteiger partial charge is 0.435 e. The van der Waals surface area contributed by atoms with Gasteiger partial charge in [0.05, 0.1) is 16.3 Å². The molecular weight excluding hydrogens is 461 g/mol. The number of halogens is 3. The topological polar surface area (TPSA) is 41.4 Å². The van der Waals surface area contributed by atoms with Crippen LogP contribution in [0.3, 0.4) is 0 Å². The highest BCUT2D eigenvalue weighted by atomic mass is 32.1. The summed E-state index contributed by atoms with van der Waals surface area (Å²) in [6.07, 6.45) is -4.55. The maximum atomic E-state index is 13.3. The molecule has 1 fully saturated rings. The van der Waals surface area contributed by atoms with Gasteiger partial charge in [-0.15, -0.1) is 11.3 Å². The van der Waals surface area contributed by atoms with Gasteiger partial charge in [0, 0.05) is 37.4 Å². The molecule has 0 radical (unpaired) electrons. The van der Waals surface area contributed by atoms with Crippen molar-refractivity contribution in [2.45, 2.75) is 6.18 Å². The van der Waals surface area contributed by atoms with Crippen molar-refractivity contribution in [1.29, 1.82) is 0 Å². The van der Waals surface area contributed by atoms with Crippen LogP contribution in [0.1, 0.15) is 16.1 Å². The summed E-state index contributed by atoms with van der Waals surface area (Å²) in [6.45, 7) is 2.69. The van der Waals surface area contributed by atoms with E-state index < -0.39 is 11.9 Å². The SMILES string of the molecule is O=C(c1ccc(-n2nc(C(F)(F)F)cc2-c2cccs2)cc1)N1CCN(c2ccccc2)CC1. The maximum Gasteiger partial charge on any atom is 0.435 e. The molecule has 1 amide bonds. The average Bonchev–Trinajstić information content (AvgIpc) is 3.54. The molecule has 0 bridgehead atoms. The number of alkyl halides is 3. The Morgan fingerprint density at radius 2 is 1.56 bits per heavy atom. The van der Waals surface area contributed by atoms with Crippen molar-refractivity contribution < 1.29 is 18.0 Å². The van der Waals surface area contributed by atoms with Crippen molar-refractivity contribution >= 4 is 22.9 Å². The molecule has 2 aromatic heterocycles. The number of para-hydroxylation sites is 1. The van der Waals surface area contributed by atoms with E-state index in [1.807, 2.05) is 18.2 Å². The molecule has 4 aromatic rings. The second kappa shape index (κ2) is 8.98. The van der Waals surface area contributed by atoms with Crippen molar-refractivity contribution in [2.24, 2.45) is 0 Å². The lowest BCUT2D eigenvalue weighted by atomic mass is 10.1. The van der Waals surface area contributed by atoms with E-state index in [2.05, 4.69) is 22.1 Å². The third kappa shape index (κ3) is 4.43. The van der Waals surface area contributed by atoms with E-state index in [0.29, 0.717) is 34.9 Å². The first-order valence-corrected chi connectivity index (χ1v) is 11.7. The van der Waals surface area contributed by atoms with Crippen molar-refractivity contribution in [3.8, 4) is 16.3 Å². The first-order chi connectivity index (χ1) is 16.4. The van der Waals surface area contributed by atoms with Gasteiger partial charge in [0.15, 0.2) is 5.69 Å². The lowest BCUT2D eigenvalue weighted by Gasteiger charge is -2.36. The molecule has 9 heteroatoms. The molecule has 0 N–H and O–H groups in total. The summed E-state index contributed by atoms with van der Waals surface area (Å²) in [5.74, 6) is -0.0887. The third-order valence-electron chi connectivity index (χ3n) is 5.82. The standard InChI is InChI=1S/C25H21F3N4OS/c26-25(27,28)23-17-21(22-7-4-16-34-22)32(29-23)20-10-8-18(9-11-20)24(33)31-14-12-30(13-15-31)19-5-2-1-3-6-19/h1-11,16-17H,12-15H2. The lowest BCUT2D eigenvalue weighted by molar-refractivity contribution is -0.141. The van der Waals surface area contributed by atoms with E-state index in [9.17, 15) is 18.0 Å². The van der Waals surface area contributed by atoms with Gasteiger partial charge in [0.2, 0.25) is 0 Å². The van der Waals surface area contributed by atoms with E-state index in [-0.39, 0.29) is 5.91 Å². The molecule has 0 spiro atoms. The minimum absolute atomic E-state index is 0.0887.